The first kappa shape index (κ1) is 30.7. The van der Waals surface area contributed by atoms with Crippen LogP contribution in [0.1, 0.15) is 52.8 Å². The van der Waals surface area contributed by atoms with Crippen molar-refractivity contribution in [2.24, 2.45) is 0 Å². The molecule has 1 amide bonds. The first-order valence-corrected chi connectivity index (χ1v) is 15.8. The Hall–Kier alpha value is -3.90. The van der Waals surface area contributed by atoms with Crippen molar-refractivity contribution in [1.82, 2.24) is 24.7 Å². The van der Waals surface area contributed by atoms with Gasteiger partial charge < -0.3 is 29.4 Å². The number of fused-ring (bicyclic) bond motifs is 2. The molecule has 2 aromatic carbocycles. The molecule has 2 aromatic heterocycles. The summed E-state index contributed by atoms with van der Waals surface area (Å²) in [4.78, 5) is 27.3. The maximum Gasteiger partial charge on any atom is 0.264 e. The highest BCUT2D eigenvalue weighted by Crippen LogP contribution is 2.37. The van der Waals surface area contributed by atoms with Gasteiger partial charge in [-0.15, -0.1) is 0 Å². The van der Waals surface area contributed by atoms with E-state index in [9.17, 15) is 18.7 Å². The minimum absolute atomic E-state index is 0.0123. The number of carbonyl (C=O) groups is 1. The van der Waals surface area contributed by atoms with E-state index in [0.29, 0.717) is 53.6 Å². The number of hydrogen-bond acceptors (Lipinski definition) is 7. The van der Waals surface area contributed by atoms with Gasteiger partial charge in [0.2, 0.25) is 5.91 Å². The first-order valence-electron chi connectivity index (χ1n) is 15.8. The summed E-state index contributed by atoms with van der Waals surface area (Å²) in [5.74, 6) is 1.23. The predicted molar refractivity (Wildman–Crippen MR) is 169 cm³/mol. The molecule has 0 spiro atoms. The number of carbonyl (C=O) groups excluding carboxylic acids is 1. The monoisotopic (exact) mass is 631 g/mol. The lowest BCUT2D eigenvalue weighted by Gasteiger charge is -2.35. The summed E-state index contributed by atoms with van der Waals surface area (Å²) in [6.07, 6.45) is -0.887. The number of amides is 1. The summed E-state index contributed by atoms with van der Waals surface area (Å²) in [6, 6.07) is 14.7. The van der Waals surface area contributed by atoms with Gasteiger partial charge in [0.25, 0.3) is 6.43 Å². The van der Waals surface area contributed by atoms with Gasteiger partial charge in [-0.05, 0) is 65.6 Å². The fourth-order valence-electron chi connectivity index (χ4n) is 6.71. The second-order valence-corrected chi connectivity index (χ2v) is 13.0. The van der Waals surface area contributed by atoms with Gasteiger partial charge in [0, 0.05) is 57.6 Å². The fourth-order valence-corrected chi connectivity index (χ4v) is 6.71. The molecular formula is C35H39F2N5O4. The number of alkyl halides is 2. The molecule has 3 aliphatic heterocycles. The second kappa shape index (κ2) is 12.4. The lowest BCUT2D eigenvalue weighted by Crippen LogP contribution is -2.46. The third kappa shape index (κ3) is 6.12. The molecule has 2 N–H and O–H groups in total. The molecule has 1 atom stereocenters. The second-order valence-electron chi connectivity index (χ2n) is 13.0. The van der Waals surface area contributed by atoms with E-state index < -0.39 is 12.0 Å². The molecule has 0 bridgehead atoms. The van der Waals surface area contributed by atoms with Crippen LogP contribution in [-0.2, 0) is 34.6 Å². The van der Waals surface area contributed by atoms with Gasteiger partial charge in [-0.25, -0.2) is 13.8 Å². The summed E-state index contributed by atoms with van der Waals surface area (Å²) >= 11 is 0. The zero-order valence-corrected chi connectivity index (χ0v) is 26.1. The molecule has 7 rings (SSSR count). The van der Waals surface area contributed by atoms with E-state index in [1.165, 1.54) is 6.07 Å². The van der Waals surface area contributed by atoms with Crippen LogP contribution in [0, 0.1) is 0 Å². The van der Waals surface area contributed by atoms with E-state index in [1.54, 1.807) is 23.2 Å². The van der Waals surface area contributed by atoms with Crippen molar-refractivity contribution in [1.29, 1.82) is 0 Å². The van der Waals surface area contributed by atoms with Crippen LogP contribution in [0.5, 0.6) is 11.5 Å². The fraction of sp³-hybridized carbons (Fsp3) is 0.429. The number of H-pyrrole nitrogens is 1. The van der Waals surface area contributed by atoms with E-state index in [1.807, 2.05) is 30.3 Å². The average Bonchev–Trinajstić information content (AvgIpc) is 3.47. The zero-order chi connectivity index (χ0) is 32.0. The number of ether oxygens (including phenoxy) is 2. The normalized spacial score (nSPS) is 20.1. The highest BCUT2D eigenvalue weighted by molar-refractivity contribution is 5.84. The largest absolute Gasteiger partial charge is 0.457 e. The van der Waals surface area contributed by atoms with Crippen LogP contribution in [0.15, 0.2) is 54.7 Å². The highest BCUT2D eigenvalue weighted by Gasteiger charge is 2.39. The molecule has 5 heterocycles. The topological polar surface area (TPSA) is 94.2 Å². The molecule has 0 aliphatic carbocycles. The van der Waals surface area contributed by atoms with E-state index in [0.717, 1.165) is 42.7 Å². The summed E-state index contributed by atoms with van der Waals surface area (Å²) in [6.45, 7) is 7.53. The SMILES string of the molecule is C[C@H]1CN(C(=O)Cc2ccc(CN3CCN(C)CC3)c(C(F)F)c2)Cc2cc(Oc3ccnc4[nH]c(C5(O)COC5)cc34)ccc21. The average molecular weight is 632 g/mol. The smallest absolute Gasteiger partial charge is 0.264 e. The van der Waals surface area contributed by atoms with Crippen molar-refractivity contribution in [3.05, 3.63) is 88.2 Å². The Morgan fingerprint density at radius 1 is 1.13 bits per heavy atom. The Labute approximate surface area is 266 Å². The number of likely N-dealkylation sites (N-methyl/N-ethyl adjacent to an activating group) is 1. The number of nitrogens with one attached hydrogen (secondary N) is 1. The molecular weight excluding hydrogens is 592 g/mol. The van der Waals surface area contributed by atoms with Crippen LogP contribution in [-0.4, -0.2) is 88.7 Å². The van der Waals surface area contributed by atoms with Crippen LogP contribution in [0.4, 0.5) is 8.78 Å². The van der Waals surface area contributed by atoms with Crippen molar-refractivity contribution >= 4 is 16.9 Å². The Morgan fingerprint density at radius 3 is 2.67 bits per heavy atom. The number of aliphatic hydroxyl groups is 1. The minimum atomic E-state index is -2.60. The van der Waals surface area contributed by atoms with Crippen molar-refractivity contribution in [2.45, 2.75) is 44.4 Å². The number of benzene rings is 2. The van der Waals surface area contributed by atoms with Crippen LogP contribution >= 0.6 is 0 Å². The molecule has 9 nitrogen and oxygen atoms in total. The van der Waals surface area contributed by atoms with Gasteiger partial charge in [-0.2, -0.15) is 0 Å². The Kier molecular flexibility index (Phi) is 8.26. The maximum absolute atomic E-state index is 14.1. The number of nitrogens with zero attached hydrogens (tertiary/aromatic N) is 4. The number of aromatic nitrogens is 2. The lowest BCUT2D eigenvalue weighted by molar-refractivity contribution is -0.186. The molecule has 3 aliphatic rings. The standard InChI is InChI=1S/C35H39F2N5O4/c1-22-17-42(32(43)14-23-3-4-24(28(13-23)33(36)37)18-41-11-9-40(2)10-12-41)19-25-15-26(5-6-27(22)25)46-30-7-8-38-34-29(30)16-31(39-34)35(44)20-45-21-35/h3-8,13,15-16,22,33,44H,9-12,14,17-21H2,1-2H3,(H,38,39)/t22-/m0/s1. The van der Waals surface area contributed by atoms with Crippen LogP contribution in [0.3, 0.4) is 0 Å². The summed E-state index contributed by atoms with van der Waals surface area (Å²) in [5.41, 5.74) is 3.57. The van der Waals surface area contributed by atoms with Gasteiger partial charge in [0.05, 0.1) is 30.7 Å². The van der Waals surface area contributed by atoms with Crippen LogP contribution in [0.2, 0.25) is 0 Å². The molecule has 11 heteroatoms. The van der Waals surface area contributed by atoms with Gasteiger partial charge in [0.15, 0.2) is 5.60 Å². The van der Waals surface area contributed by atoms with E-state index in [4.69, 9.17) is 9.47 Å². The van der Waals surface area contributed by atoms with Gasteiger partial charge in [0.1, 0.15) is 17.1 Å². The number of halogens is 2. The van der Waals surface area contributed by atoms with Crippen LogP contribution < -0.4 is 4.74 Å². The molecule has 0 unspecified atom stereocenters. The maximum atomic E-state index is 14.1. The number of rotatable bonds is 8. The molecule has 2 saturated heterocycles. The van der Waals surface area contributed by atoms with Crippen molar-refractivity contribution in [2.75, 3.05) is 53.0 Å². The van der Waals surface area contributed by atoms with Crippen LogP contribution in [0.25, 0.3) is 11.0 Å². The Bertz CT molecular complexity index is 1750. The van der Waals surface area contributed by atoms with E-state index in [-0.39, 0.29) is 37.0 Å². The van der Waals surface area contributed by atoms with Gasteiger partial charge >= 0.3 is 0 Å². The summed E-state index contributed by atoms with van der Waals surface area (Å²) < 4.78 is 39.8. The van der Waals surface area contributed by atoms with Crippen molar-refractivity contribution in [3.63, 3.8) is 0 Å². The van der Waals surface area contributed by atoms with Gasteiger partial charge in [-0.1, -0.05) is 25.1 Å². The molecule has 2 fully saturated rings. The Morgan fingerprint density at radius 2 is 1.93 bits per heavy atom. The summed E-state index contributed by atoms with van der Waals surface area (Å²) in [5, 5.41) is 11.5. The number of hydrogen-bond donors (Lipinski definition) is 2. The van der Waals surface area contributed by atoms with E-state index >= 15 is 0 Å². The van der Waals surface area contributed by atoms with E-state index in [2.05, 4.69) is 33.7 Å². The molecule has 242 valence electrons. The number of aromatic amines is 1. The first-order chi connectivity index (χ1) is 22.1. The third-order valence-electron chi connectivity index (χ3n) is 9.55. The van der Waals surface area contributed by atoms with Crippen molar-refractivity contribution in [3.8, 4) is 11.5 Å². The van der Waals surface area contributed by atoms with Gasteiger partial charge in [-0.3, -0.25) is 9.69 Å². The minimum Gasteiger partial charge on any atom is -0.457 e. The Balaban J connectivity index is 1.05. The molecule has 0 saturated carbocycles. The summed E-state index contributed by atoms with van der Waals surface area (Å²) in [7, 11) is 2.07. The number of pyridine rings is 1. The lowest BCUT2D eigenvalue weighted by atomic mass is 9.90. The third-order valence-corrected chi connectivity index (χ3v) is 9.55. The quantitative estimate of drug-likeness (QED) is 0.285. The predicted octanol–water partition coefficient (Wildman–Crippen LogP) is 4.95. The van der Waals surface area contributed by atoms with Crippen molar-refractivity contribution < 1.29 is 28.2 Å². The zero-order valence-electron chi connectivity index (χ0n) is 26.1. The molecule has 4 aromatic rings. The molecule has 0 radical (unpaired) electrons. The molecule has 46 heavy (non-hydrogen) atoms. The highest BCUT2D eigenvalue weighted by atomic mass is 19.3. The number of piperazine rings is 1.